The number of rotatable bonds is 4. The standard InChI is InChI=1S/C19H28N2/c1-19(2,3)20-13-17-10-6-9-16-11-12-21(18(16)17)14-15-7-4-5-8-15/h6,9-12,15,20H,4-5,7-8,13-14H2,1-3H3. The van der Waals surface area contributed by atoms with Crippen LogP contribution >= 0.6 is 0 Å². The molecular formula is C19H28N2. The molecule has 1 aliphatic carbocycles. The molecule has 0 aliphatic heterocycles. The van der Waals surface area contributed by atoms with Gasteiger partial charge in [0.2, 0.25) is 0 Å². The van der Waals surface area contributed by atoms with E-state index in [1.54, 1.807) is 0 Å². The van der Waals surface area contributed by atoms with E-state index in [9.17, 15) is 0 Å². The monoisotopic (exact) mass is 284 g/mol. The van der Waals surface area contributed by atoms with Gasteiger partial charge in [-0.25, -0.2) is 0 Å². The Kier molecular flexibility index (Phi) is 4.08. The predicted molar refractivity (Wildman–Crippen MR) is 90.5 cm³/mol. The van der Waals surface area contributed by atoms with E-state index in [1.807, 2.05) is 0 Å². The number of aromatic nitrogens is 1. The Morgan fingerprint density at radius 1 is 1.14 bits per heavy atom. The van der Waals surface area contributed by atoms with Crippen molar-refractivity contribution in [2.24, 2.45) is 5.92 Å². The molecule has 2 nitrogen and oxygen atoms in total. The Labute approximate surface area is 128 Å². The summed E-state index contributed by atoms with van der Waals surface area (Å²) in [5.41, 5.74) is 3.01. The summed E-state index contributed by atoms with van der Waals surface area (Å²) in [6.45, 7) is 8.81. The highest BCUT2D eigenvalue weighted by atomic mass is 15.0. The van der Waals surface area contributed by atoms with E-state index in [-0.39, 0.29) is 5.54 Å². The van der Waals surface area contributed by atoms with Crippen molar-refractivity contribution in [3.63, 3.8) is 0 Å². The average molecular weight is 284 g/mol. The van der Waals surface area contributed by atoms with Crippen LogP contribution in [0.5, 0.6) is 0 Å². The molecule has 0 saturated heterocycles. The Morgan fingerprint density at radius 3 is 2.62 bits per heavy atom. The second-order valence-electron chi connectivity index (χ2n) is 7.58. The van der Waals surface area contributed by atoms with Crippen LogP contribution in [0, 0.1) is 5.92 Å². The van der Waals surface area contributed by atoms with Crippen molar-refractivity contribution in [1.29, 1.82) is 0 Å². The molecule has 3 rings (SSSR count). The summed E-state index contributed by atoms with van der Waals surface area (Å²) >= 11 is 0. The highest BCUT2D eigenvalue weighted by Gasteiger charge is 2.17. The molecule has 1 saturated carbocycles. The van der Waals surface area contributed by atoms with Crippen molar-refractivity contribution in [2.45, 2.75) is 65.1 Å². The zero-order valence-corrected chi connectivity index (χ0v) is 13.7. The van der Waals surface area contributed by atoms with Crippen molar-refractivity contribution in [2.75, 3.05) is 0 Å². The molecule has 0 atom stereocenters. The predicted octanol–water partition coefficient (Wildman–Crippen LogP) is 4.72. The molecule has 1 N–H and O–H groups in total. The van der Waals surface area contributed by atoms with Crippen LogP contribution in [0.25, 0.3) is 10.9 Å². The van der Waals surface area contributed by atoms with Gasteiger partial charge in [-0.3, -0.25) is 0 Å². The maximum atomic E-state index is 3.63. The molecular weight excluding hydrogens is 256 g/mol. The molecule has 1 aromatic heterocycles. The van der Waals surface area contributed by atoms with Gasteiger partial charge in [0.25, 0.3) is 0 Å². The Hall–Kier alpha value is -1.28. The Balaban J connectivity index is 1.86. The van der Waals surface area contributed by atoms with Gasteiger partial charge in [-0.2, -0.15) is 0 Å². The summed E-state index contributed by atoms with van der Waals surface area (Å²) in [5.74, 6) is 0.879. The fourth-order valence-corrected chi connectivity index (χ4v) is 3.47. The first-order valence-electron chi connectivity index (χ1n) is 8.35. The molecule has 114 valence electrons. The van der Waals surface area contributed by atoms with E-state index in [0.717, 1.165) is 12.5 Å². The zero-order chi connectivity index (χ0) is 14.9. The first-order valence-corrected chi connectivity index (χ1v) is 8.35. The van der Waals surface area contributed by atoms with Gasteiger partial charge in [-0.1, -0.05) is 31.0 Å². The average Bonchev–Trinajstić information content (AvgIpc) is 3.06. The van der Waals surface area contributed by atoms with E-state index in [4.69, 9.17) is 0 Å². The fraction of sp³-hybridized carbons (Fsp3) is 0.579. The van der Waals surface area contributed by atoms with Crippen molar-refractivity contribution in [3.05, 3.63) is 36.0 Å². The molecule has 0 bridgehead atoms. The molecule has 2 heteroatoms. The maximum absolute atomic E-state index is 3.63. The van der Waals surface area contributed by atoms with Gasteiger partial charge < -0.3 is 9.88 Å². The van der Waals surface area contributed by atoms with E-state index >= 15 is 0 Å². The van der Waals surface area contributed by atoms with Crippen LogP contribution in [0.1, 0.15) is 52.0 Å². The first-order chi connectivity index (χ1) is 10.0. The van der Waals surface area contributed by atoms with Crippen molar-refractivity contribution >= 4 is 10.9 Å². The van der Waals surface area contributed by atoms with Crippen LogP contribution in [-0.2, 0) is 13.1 Å². The number of benzene rings is 1. The zero-order valence-electron chi connectivity index (χ0n) is 13.7. The van der Waals surface area contributed by atoms with E-state index in [0.29, 0.717) is 0 Å². The molecule has 0 spiro atoms. The third-order valence-corrected chi connectivity index (χ3v) is 4.61. The van der Waals surface area contributed by atoms with Gasteiger partial charge in [0.05, 0.1) is 5.52 Å². The molecule has 1 aromatic carbocycles. The molecule has 1 fully saturated rings. The van der Waals surface area contributed by atoms with Gasteiger partial charge in [0.15, 0.2) is 0 Å². The van der Waals surface area contributed by atoms with Crippen molar-refractivity contribution in [3.8, 4) is 0 Å². The van der Waals surface area contributed by atoms with Crippen molar-refractivity contribution in [1.82, 2.24) is 9.88 Å². The summed E-state index contributed by atoms with van der Waals surface area (Å²) in [5, 5.41) is 5.00. The third-order valence-electron chi connectivity index (χ3n) is 4.61. The molecule has 21 heavy (non-hydrogen) atoms. The lowest BCUT2D eigenvalue weighted by atomic mass is 10.1. The molecule has 0 amide bonds. The number of hydrogen-bond acceptors (Lipinski definition) is 1. The van der Waals surface area contributed by atoms with Gasteiger partial charge in [-0.15, -0.1) is 0 Å². The Morgan fingerprint density at radius 2 is 1.90 bits per heavy atom. The lowest BCUT2D eigenvalue weighted by Gasteiger charge is -2.21. The number of fused-ring (bicyclic) bond motifs is 1. The minimum absolute atomic E-state index is 0.158. The topological polar surface area (TPSA) is 17.0 Å². The lowest BCUT2D eigenvalue weighted by Crippen LogP contribution is -2.35. The summed E-state index contributed by atoms with van der Waals surface area (Å²) < 4.78 is 2.49. The number of para-hydroxylation sites is 1. The van der Waals surface area contributed by atoms with Crippen LogP contribution in [0.2, 0.25) is 0 Å². The smallest absolute Gasteiger partial charge is 0.0525 e. The fourth-order valence-electron chi connectivity index (χ4n) is 3.47. The number of nitrogens with one attached hydrogen (secondary N) is 1. The largest absolute Gasteiger partial charge is 0.347 e. The second kappa shape index (κ2) is 5.84. The van der Waals surface area contributed by atoms with Gasteiger partial charge in [0.1, 0.15) is 0 Å². The van der Waals surface area contributed by atoms with Gasteiger partial charge in [0, 0.05) is 24.8 Å². The SMILES string of the molecule is CC(C)(C)NCc1cccc2ccn(CC3CCCC3)c12. The highest BCUT2D eigenvalue weighted by Crippen LogP contribution is 2.29. The summed E-state index contributed by atoms with van der Waals surface area (Å²) in [4.78, 5) is 0. The van der Waals surface area contributed by atoms with E-state index in [2.05, 4.69) is 61.1 Å². The quantitative estimate of drug-likeness (QED) is 0.859. The molecule has 1 heterocycles. The van der Waals surface area contributed by atoms with Crippen LogP contribution in [0.4, 0.5) is 0 Å². The third kappa shape index (κ3) is 3.49. The minimum Gasteiger partial charge on any atom is -0.347 e. The Bertz CT molecular complexity index is 598. The number of hydrogen-bond donors (Lipinski definition) is 1. The normalized spacial score (nSPS) is 16.9. The van der Waals surface area contributed by atoms with E-state index < -0.39 is 0 Å². The maximum Gasteiger partial charge on any atom is 0.0525 e. The van der Waals surface area contributed by atoms with E-state index in [1.165, 1.54) is 48.7 Å². The summed E-state index contributed by atoms with van der Waals surface area (Å²) in [7, 11) is 0. The second-order valence-corrected chi connectivity index (χ2v) is 7.58. The highest BCUT2D eigenvalue weighted by molar-refractivity contribution is 5.83. The van der Waals surface area contributed by atoms with Gasteiger partial charge >= 0.3 is 0 Å². The van der Waals surface area contributed by atoms with Crippen LogP contribution in [0.15, 0.2) is 30.5 Å². The van der Waals surface area contributed by atoms with Crippen LogP contribution in [0.3, 0.4) is 0 Å². The first kappa shape index (κ1) is 14.6. The molecule has 0 radical (unpaired) electrons. The minimum atomic E-state index is 0.158. The van der Waals surface area contributed by atoms with Gasteiger partial charge in [-0.05, 0) is 56.5 Å². The molecule has 0 unspecified atom stereocenters. The summed E-state index contributed by atoms with van der Waals surface area (Å²) in [6.07, 6.45) is 7.93. The molecule has 2 aromatic rings. The van der Waals surface area contributed by atoms with Crippen molar-refractivity contribution < 1.29 is 0 Å². The van der Waals surface area contributed by atoms with Crippen LogP contribution in [-0.4, -0.2) is 10.1 Å². The lowest BCUT2D eigenvalue weighted by molar-refractivity contribution is 0.423. The van der Waals surface area contributed by atoms with Crippen LogP contribution < -0.4 is 5.32 Å². The summed E-state index contributed by atoms with van der Waals surface area (Å²) in [6, 6.07) is 8.96. The molecule has 1 aliphatic rings. The number of nitrogens with zero attached hydrogens (tertiary/aromatic N) is 1.